The molecule has 278 valence electrons. The number of amides is 2. The minimum absolute atomic E-state index is 0.0210. The van der Waals surface area contributed by atoms with Crippen molar-refractivity contribution in [3.8, 4) is 23.0 Å². The normalized spacial score (nSPS) is 11.7. The molecule has 0 aromatic heterocycles. The van der Waals surface area contributed by atoms with E-state index in [9.17, 15) is 18.0 Å². The highest BCUT2D eigenvalue weighted by Gasteiger charge is 2.36. The number of rotatable bonds is 18. The number of anilines is 1. The van der Waals surface area contributed by atoms with Crippen molar-refractivity contribution >= 4 is 50.7 Å². The van der Waals surface area contributed by atoms with Crippen LogP contribution in [0.25, 0.3) is 0 Å². The molecule has 4 aromatic rings. The van der Waals surface area contributed by atoms with Crippen LogP contribution in [0.2, 0.25) is 10.0 Å². The van der Waals surface area contributed by atoms with Crippen molar-refractivity contribution < 1.29 is 37.0 Å². The van der Waals surface area contributed by atoms with Crippen molar-refractivity contribution in [3.05, 3.63) is 106 Å². The zero-order valence-electron chi connectivity index (χ0n) is 29.7. The minimum Gasteiger partial charge on any atom is -0.497 e. The minimum atomic E-state index is -4.55. The van der Waals surface area contributed by atoms with Gasteiger partial charge in [-0.15, -0.1) is 0 Å². The number of sulfonamides is 1. The van der Waals surface area contributed by atoms with Gasteiger partial charge in [-0.05, 0) is 48.4 Å². The Kier molecular flexibility index (Phi) is 14.4. The summed E-state index contributed by atoms with van der Waals surface area (Å²) in [5.41, 5.74) is 1.20. The number of hydrogen-bond acceptors (Lipinski definition) is 8. The lowest BCUT2D eigenvalue weighted by atomic mass is 10.0. The first kappa shape index (κ1) is 40.1. The Hall–Kier alpha value is -4.65. The highest BCUT2D eigenvalue weighted by Crippen LogP contribution is 2.38. The van der Waals surface area contributed by atoms with Gasteiger partial charge in [-0.3, -0.25) is 13.9 Å². The molecule has 0 aliphatic carbocycles. The van der Waals surface area contributed by atoms with Gasteiger partial charge in [0.1, 0.15) is 24.1 Å². The first-order chi connectivity index (χ1) is 25.0. The molecule has 0 fully saturated rings. The van der Waals surface area contributed by atoms with Crippen molar-refractivity contribution in [2.45, 2.75) is 43.7 Å². The van der Waals surface area contributed by atoms with Crippen molar-refractivity contribution in [2.24, 2.45) is 0 Å². The average molecular weight is 773 g/mol. The predicted molar refractivity (Wildman–Crippen MR) is 202 cm³/mol. The van der Waals surface area contributed by atoms with E-state index in [-0.39, 0.29) is 45.1 Å². The standard InChI is InChI=1S/C38H43Cl2N3O8S/c1-6-7-20-41-38(45)33(21-26-12-9-8-10-13-26)42(24-29-30(39)14-11-15-31(29)40)37(44)25-43(32-22-27(48-2)16-18-34(32)49-3)52(46,47)28-17-19-35(50-4)36(23-28)51-5/h8-19,22-23,33H,6-7,20-21,24-25H2,1-5H3,(H,41,45)/t33-/m0/s1. The summed E-state index contributed by atoms with van der Waals surface area (Å²) in [4.78, 5) is 30.1. The third kappa shape index (κ3) is 9.61. The lowest BCUT2D eigenvalue weighted by Gasteiger charge is -2.34. The molecule has 4 rings (SSSR count). The van der Waals surface area contributed by atoms with Crippen LogP contribution in [-0.2, 0) is 32.6 Å². The fourth-order valence-electron chi connectivity index (χ4n) is 5.52. The Balaban J connectivity index is 1.92. The van der Waals surface area contributed by atoms with E-state index in [0.717, 1.165) is 22.7 Å². The van der Waals surface area contributed by atoms with Crippen LogP contribution >= 0.6 is 23.2 Å². The molecule has 4 aromatic carbocycles. The van der Waals surface area contributed by atoms with Gasteiger partial charge in [-0.25, -0.2) is 8.42 Å². The molecule has 1 N–H and O–H groups in total. The molecule has 11 nitrogen and oxygen atoms in total. The second kappa shape index (κ2) is 18.7. The molecule has 52 heavy (non-hydrogen) atoms. The summed E-state index contributed by atoms with van der Waals surface area (Å²) in [5, 5.41) is 3.51. The van der Waals surface area contributed by atoms with Crippen LogP contribution in [0.5, 0.6) is 23.0 Å². The number of methoxy groups -OCH3 is 4. The maximum Gasteiger partial charge on any atom is 0.265 e. The molecule has 0 saturated heterocycles. The Labute approximate surface area is 315 Å². The van der Waals surface area contributed by atoms with Gasteiger partial charge in [-0.1, -0.05) is 72.9 Å². The number of ether oxygens (including phenoxy) is 4. The van der Waals surface area contributed by atoms with Crippen LogP contribution in [0.15, 0.2) is 89.8 Å². The van der Waals surface area contributed by atoms with Gasteiger partial charge in [0, 0.05) is 47.3 Å². The Bertz CT molecular complexity index is 1930. The number of carbonyl (C=O) groups excluding carboxylic acids is 2. The van der Waals surface area contributed by atoms with Gasteiger partial charge < -0.3 is 29.2 Å². The summed E-state index contributed by atoms with van der Waals surface area (Å²) in [5.74, 6) is -0.194. The highest BCUT2D eigenvalue weighted by atomic mass is 35.5. The van der Waals surface area contributed by atoms with Gasteiger partial charge in [0.25, 0.3) is 10.0 Å². The van der Waals surface area contributed by atoms with E-state index in [0.29, 0.717) is 23.6 Å². The SMILES string of the molecule is CCCCNC(=O)[C@H](Cc1ccccc1)N(Cc1c(Cl)cccc1Cl)C(=O)CN(c1cc(OC)ccc1OC)S(=O)(=O)c1ccc(OC)c(OC)c1. The van der Waals surface area contributed by atoms with E-state index in [1.165, 1.54) is 63.7 Å². The molecule has 14 heteroatoms. The van der Waals surface area contributed by atoms with Crippen LogP contribution in [0.3, 0.4) is 0 Å². The molecule has 0 radical (unpaired) electrons. The van der Waals surface area contributed by atoms with E-state index in [1.54, 1.807) is 24.3 Å². The van der Waals surface area contributed by atoms with Gasteiger partial charge >= 0.3 is 0 Å². The molecule has 0 aliphatic heterocycles. The molecule has 0 saturated carbocycles. The fourth-order valence-corrected chi connectivity index (χ4v) is 7.47. The molecule has 0 heterocycles. The number of benzene rings is 4. The van der Waals surface area contributed by atoms with E-state index < -0.39 is 34.4 Å². The molecule has 2 amide bonds. The third-order valence-electron chi connectivity index (χ3n) is 8.37. The van der Waals surface area contributed by atoms with Crippen LogP contribution in [0, 0.1) is 0 Å². The van der Waals surface area contributed by atoms with E-state index in [1.807, 2.05) is 37.3 Å². The maximum absolute atomic E-state index is 14.9. The second-order valence-corrected chi connectivity index (χ2v) is 14.3. The first-order valence-electron chi connectivity index (χ1n) is 16.5. The van der Waals surface area contributed by atoms with Crippen LogP contribution in [0.4, 0.5) is 5.69 Å². The molecular formula is C38H43Cl2N3O8S. The Morgan fingerprint density at radius 2 is 1.44 bits per heavy atom. The number of nitrogens with one attached hydrogen (secondary N) is 1. The summed E-state index contributed by atoms with van der Waals surface area (Å²) >= 11 is 13.2. The van der Waals surface area contributed by atoms with Crippen molar-refractivity contribution in [3.63, 3.8) is 0 Å². The zero-order chi connectivity index (χ0) is 37.8. The molecule has 0 aliphatic rings. The number of hydrogen-bond donors (Lipinski definition) is 1. The summed E-state index contributed by atoms with van der Waals surface area (Å²) in [6.07, 6.45) is 1.69. The lowest BCUT2D eigenvalue weighted by molar-refractivity contribution is -0.140. The maximum atomic E-state index is 14.9. The highest BCUT2D eigenvalue weighted by molar-refractivity contribution is 7.92. The predicted octanol–water partition coefficient (Wildman–Crippen LogP) is 6.78. The van der Waals surface area contributed by atoms with Crippen molar-refractivity contribution in [2.75, 3.05) is 45.8 Å². The van der Waals surface area contributed by atoms with Gasteiger partial charge in [0.2, 0.25) is 11.8 Å². The second-order valence-electron chi connectivity index (χ2n) is 11.6. The van der Waals surface area contributed by atoms with Crippen molar-refractivity contribution in [1.82, 2.24) is 10.2 Å². The quantitative estimate of drug-likeness (QED) is 0.110. The van der Waals surface area contributed by atoms with Crippen LogP contribution in [-0.4, -0.2) is 72.7 Å². The number of carbonyl (C=O) groups is 2. The van der Waals surface area contributed by atoms with E-state index >= 15 is 0 Å². The summed E-state index contributed by atoms with van der Waals surface area (Å²) < 4.78 is 52.1. The van der Waals surface area contributed by atoms with Gasteiger partial charge in [0.15, 0.2) is 11.5 Å². The summed E-state index contributed by atoms with van der Waals surface area (Å²) in [7, 11) is 1.09. The topological polar surface area (TPSA) is 124 Å². The molecule has 1 atom stereocenters. The fraction of sp³-hybridized carbons (Fsp3) is 0.316. The molecule has 0 bridgehead atoms. The molecule has 0 unspecified atom stereocenters. The van der Waals surface area contributed by atoms with E-state index in [2.05, 4.69) is 5.32 Å². The third-order valence-corrected chi connectivity index (χ3v) is 10.8. The number of halogens is 2. The van der Waals surface area contributed by atoms with Gasteiger partial charge in [-0.2, -0.15) is 0 Å². The van der Waals surface area contributed by atoms with E-state index in [4.69, 9.17) is 42.1 Å². The Morgan fingerprint density at radius 1 is 0.788 bits per heavy atom. The number of nitrogens with zero attached hydrogens (tertiary/aromatic N) is 2. The van der Waals surface area contributed by atoms with Crippen molar-refractivity contribution in [1.29, 1.82) is 0 Å². The number of unbranched alkanes of at least 4 members (excludes halogenated alkanes) is 1. The smallest absolute Gasteiger partial charge is 0.265 e. The monoisotopic (exact) mass is 771 g/mol. The molecule has 0 spiro atoms. The summed E-state index contributed by atoms with van der Waals surface area (Å²) in [6.45, 7) is 1.44. The lowest BCUT2D eigenvalue weighted by Crippen LogP contribution is -2.53. The average Bonchev–Trinajstić information content (AvgIpc) is 3.15. The summed E-state index contributed by atoms with van der Waals surface area (Å²) in [6, 6.07) is 21.8. The molecular weight excluding hydrogens is 729 g/mol. The largest absolute Gasteiger partial charge is 0.497 e. The van der Waals surface area contributed by atoms with Crippen LogP contribution in [0.1, 0.15) is 30.9 Å². The van der Waals surface area contributed by atoms with Crippen LogP contribution < -0.4 is 28.6 Å². The zero-order valence-corrected chi connectivity index (χ0v) is 32.1. The van der Waals surface area contributed by atoms with Gasteiger partial charge in [0.05, 0.1) is 39.0 Å². The first-order valence-corrected chi connectivity index (χ1v) is 18.7. The Morgan fingerprint density at radius 3 is 2.06 bits per heavy atom.